The van der Waals surface area contributed by atoms with Gasteiger partial charge in [-0.3, -0.25) is 0 Å². The zero-order valence-electron chi connectivity index (χ0n) is 16.6. The first-order valence-electron chi connectivity index (χ1n) is 9.93. The van der Waals surface area contributed by atoms with E-state index in [1.807, 2.05) is 35.3 Å². The van der Waals surface area contributed by atoms with Crippen LogP contribution in [-0.2, 0) is 14.0 Å². The molecule has 0 rings (SSSR count). The van der Waals surface area contributed by atoms with E-state index in [0.717, 1.165) is 39.1 Å². The molecule has 0 radical (unpaired) electrons. The molecule has 0 fully saturated rings. The molecule has 0 saturated carbocycles. The third-order valence-corrected chi connectivity index (χ3v) is 6.38. The molecule has 0 aromatic heterocycles. The van der Waals surface area contributed by atoms with Crippen molar-refractivity contribution >= 4 is 42.6 Å². The lowest BCUT2D eigenvalue weighted by molar-refractivity contribution is 0.0900. The van der Waals surface area contributed by atoms with Gasteiger partial charge in [-0.1, -0.05) is 20.8 Å². The molecule has 0 bridgehead atoms. The summed E-state index contributed by atoms with van der Waals surface area (Å²) in [6.07, 6.45) is 6.85. The van der Waals surface area contributed by atoms with Gasteiger partial charge < -0.3 is 14.0 Å². The molecule has 25 heavy (non-hydrogen) atoms. The van der Waals surface area contributed by atoms with Crippen molar-refractivity contribution < 1.29 is 14.0 Å². The molecule has 3 nitrogen and oxygen atoms in total. The molecule has 0 heterocycles. The van der Waals surface area contributed by atoms with E-state index in [4.69, 9.17) is 14.0 Å². The largest absolute Gasteiger partial charge is 0.639 e. The zero-order chi connectivity index (χ0) is 18.4. The highest BCUT2D eigenvalue weighted by molar-refractivity contribution is 7.99. The summed E-state index contributed by atoms with van der Waals surface area (Å²) in [4.78, 5) is 0. The summed E-state index contributed by atoms with van der Waals surface area (Å²) in [7, 11) is -0.475. The predicted molar refractivity (Wildman–Crippen MR) is 120 cm³/mol. The van der Waals surface area contributed by atoms with Gasteiger partial charge >= 0.3 is 7.32 Å². The molecule has 7 heteroatoms. The highest BCUT2D eigenvalue weighted by Gasteiger charge is 2.20. The predicted octanol–water partition coefficient (Wildman–Crippen LogP) is 5.62. The fraction of sp³-hybridized carbons (Fsp3) is 1.00. The Morgan fingerprint density at radius 3 is 1.12 bits per heavy atom. The molecular weight excluding hydrogens is 371 g/mol. The lowest BCUT2D eigenvalue weighted by Crippen LogP contribution is -2.29. The van der Waals surface area contributed by atoms with Crippen LogP contribution in [0.4, 0.5) is 0 Å². The quantitative estimate of drug-likeness (QED) is 0.180. The summed E-state index contributed by atoms with van der Waals surface area (Å²) >= 11 is 5.97. The van der Waals surface area contributed by atoms with Crippen molar-refractivity contribution in [2.45, 2.75) is 59.3 Å². The monoisotopic (exact) mass is 410 g/mol. The molecule has 0 N–H and O–H groups in total. The topological polar surface area (TPSA) is 27.7 Å². The van der Waals surface area contributed by atoms with Crippen molar-refractivity contribution in [1.82, 2.24) is 0 Å². The first kappa shape index (κ1) is 26.0. The molecule has 0 atom stereocenters. The van der Waals surface area contributed by atoms with Crippen molar-refractivity contribution in [2.75, 3.05) is 54.3 Å². The maximum absolute atomic E-state index is 5.81. The Hall–Kier alpha value is 0.995. The molecular formula is C18H39BO3S3. The second kappa shape index (κ2) is 23.0. The van der Waals surface area contributed by atoms with Gasteiger partial charge in [-0.2, -0.15) is 35.3 Å². The standard InChI is InChI=1S/C18H39BO3S3/c1-4-23-16-10-7-13-20-19(21-14-8-11-17-24-5-2)22-15-9-12-18-25-6-3/h4-18H2,1-3H3. The Kier molecular flexibility index (Phi) is 24.0. The molecule has 0 aromatic rings. The van der Waals surface area contributed by atoms with Gasteiger partial charge in [-0.25, -0.2) is 0 Å². The summed E-state index contributed by atoms with van der Waals surface area (Å²) in [6.45, 7) is 8.80. The van der Waals surface area contributed by atoms with Gasteiger partial charge in [-0.15, -0.1) is 0 Å². The fourth-order valence-corrected chi connectivity index (χ4v) is 4.13. The van der Waals surface area contributed by atoms with Gasteiger partial charge in [0.1, 0.15) is 0 Å². The van der Waals surface area contributed by atoms with E-state index in [1.54, 1.807) is 0 Å². The number of thioether (sulfide) groups is 3. The first-order chi connectivity index (χ1) is 12.3. The van der Waals surface area contributed by atoms with Crippen molar-refractivity contribution in [2.24, 2.45) is 0 Å². The van der Waals surface area contributed by atoms with Gasteiger partial charge in [0.2, 0.25) is 0 Å². The van der Waals surface area contributed by atoms with Gasteiger partial charge in [0.25, 0.3) is 0 Å². The number of hydrogen-bond donors (Lipinski definition) is 0. The van der Waals surface area contributed by atoms with Crippen LogP contribution >= 0.6 is 35.3 Å². The minimum absolute atomic E-state index is 0.475. The highest BCUT2D eigenvalue weighted by atomic mass is 32.2. The van der Waals surface area contributed by atoms with Crippen LogP contribution in [0.2, 0.25) is 0 Å². The molecule has 0 aliphatic heterocycles. The molecule has 0 unspecified atom stereocenters. The Bertz CT molecular complexity index is 214. The summed E-state index contributed by atoms with van der Waals surface area (Å²) < 4.78 is 17.4. The smallest absolute Gasteiger partial charge is 0.386 e. The van der Waals surface area contributed by atoms with Crippen LogP contribution in [0.1, 0.15) is 59.3 Å². The van der Waals surface area contributed by atoms with Gasteiger partial charge in [0.15, 0.2) is 0 Å². The second-order valence-corrected chi connectivity index (χ2v) is 9.79. The second-order valence-electron chi connectivity index (χ2n) is 5.61. The molecule has 0 aromatic carbocycles. The number of unbranched alkanes of at least 4 members (excludes halogenated alkanes) is 3. The number of rotatable bonds is 21. The maximum atomic E-state index is 5.81. The van der Waals surface area contributed by atoms with E-state index < -0.39 is 7.32 Å². The minimum atomic E-state index is -0.475. The van der Waals surface area contributed by atoms with Crippen LogP contribution in [0, 0.1) is 0 Å². The van der Waals surface area contributed by atoms with E-state index in [-0.39, 0.29) is 0 Å². The molecule has 0 amide bonds. The van der Waals surface area contributed by atoms with E-state index in [9.17, 15) is 0 Å². The SMILES string of the molecule is CCSCCCCOB(OCCCCSCC)OCCCCSCC. The van der Waals surface area contributed by atoms with Crippen LogP contribution in [0.3, 0.4) is 0 Å². The van der Waals surface area contributed by atoms with Crippen molar-refractivity contribution in [3.05, 3.63) is 0 Å². The normalized spacial score (nSPS) is 11.2. The summed E-state index contributed by atoms with van der Waals surface area (Å²) in [5, 5.41) is 0. The Morgan fingerprint density at radius 2 is 0.840 bits per heavy atom. The molecule has 0 aliphatic carbocycles. The third kappa shape index (κ3) is 21.2. The van der Waals surface area contributed by atoms with Crippen LogP contribution in [-0.4, -0.2) is 61.7 Å². The van der Waals surface area contributed by atoms with E-state index in [1.165, 1.54) is 53.8 Å². The average molecular weight is 411 g/mol. The van der Waals surface area contributed by atoms with Crippen LogP contribution in [0.25, 0.3) is 0 Å². The van der Waals surface area contributed by atoms with Crippen molar-refractivity contribution in [3.63, 3.8) is 0 Å². The van der Waals surface area contributed by atoms with Crippen molar-refractivity contribution in [1.29, 1.82) is 0 Å². The van der Waals surface area contributed by atoms with Gasteiger partial charge in [0.05, 0.1) is 0 Å². The average Bonchev–Trinajstić information content (AvgIpc) is 2.63. The zero-order valence-corrected chi connectivity index (χ0v) is 19.1. The lowest BCUT2D eigenvalue weighted by atomic mass is 10.2. The third-order valence-electron chi connectivity index (χ3n) is 3.42. The minimum Gasteiger partial charge on any atom is -0.386 e. The van der Waals surface area contributed by atoms with Gasteiger partial charge in [-0.05, 0) is 73.0 Å². The van der Waals surface area contributed by atoms with Crippen LogP contribution in [0.5, 0.6) is 0 Å². The Morgan fingerprint density at radius 1 is 0.520 bits per heavy atom. The van der Waals surface area contributed by atoms with Crippen molar-refractivity contribution in [3.8, 4) is 0 Å². The summed E-state index contributed by atoms with van der Waals surface area (Å²) in [5.74, 6) is 7.25. The molecule has 150 valence electrons. The lowest BCUT2D eigenvalue weighted by Gasteiger charge is -2.14. The van der Waals surface area contributed by atoms with E-state index >= 15 is 0 Å². The highest BCUT2D eigenvalue weighted by Crippen LogP contribution is 2.08. The Labute approximate surface area is 170 Å². The van der Waals surface area contributed by atoms with Crippen LogP contribution < -0.4 is 0 Å². The van der Waals surface area contributed by atoms with Crippen LogP contribution in [0.15, 0.2) is 0 Å². The number of hydrogen-bond acceptors (Lipinski definition) is 6. The van der Waals surface area contributed by atoms with Gasteiger partial charge in [0, 0.05) is 19.8 Å². The fourth-order valence-electron chi connectivity index (χ4n) is 2.03. The summed E-state index contributed by atoms with van der Waals surface area (Å²) in [5.41, 5.74) is 0. The van der Waals surface area contributed by atoms with E-state index in [2.05, 4.69) is 20.8 Å². The molecule has 0 saturated heterocycles. The molecule has 0 spiro atoms. The molecule has 0 aliphatic rings. The Balaban J connectivity index is 3.76. The summed E-state index contributed by atoms with van der Waals surface area (Å²) in [6, 6.07) is 0. The van der Waals surface area contributed by atoms with E-state index in [0.29, 0.717) is 0 Å². The first-order valence-corrected chi connectivity index (χ1v) is 13.4. The maximum Gasteiger partial charge on any atom is 0.639 e.